The van der Waals surface area contributed by atoms with E-state index in [-0.39, 0.29) is 16.9 Å². The maximum atomic E-state index is 12.2. The van der Waals surface area contributed by atoms with Crippen LogP contribution in [0.25, 0.3) is 5.57 Å². The van der Waals surface area contributed by atoms with Gasteiger partial charge in [-0.05, 0) is 41.2 Å². The molecule has 0 spiro atoms. The first-order chi connectivity index (χ1) is 9.15. The number of ether oxygens (including phenoxy) is 1. The Balaban J connectivity index is 2.29. The molecular formula is C15H15F3O2. The molecule has 0 bridgehead atoms. The topological polar surface area (TPSA) is 26.3 Å². The van der Waals surface area contributed by atoms with Gasteiger partial charge in [-0.3, -0.25) is 4.79 Å². The molecule has 20 heavy (non-hydrogen) atoms. The zero-order valence-corrected chi connectivity index (χ0v) is 11.3. The number of allylic oxidation sites excluding steroid dienone is 2. The first kappa shape index (κ1) is 14.6. The molecule has 0 aliphatic heterocycles. The third kappa shape index (κ3) is 3.85. The molecule has 0 radical (unpaired) electrons. The van der Waals surface area contributed by atoms with Crippen molar-refractivity contribution < 1.29 is 22.7 Å². The van der Waals surface area contributed by atoms with E-state index in [9.17, 15) is 18.0 Å². The predicted molar refractivity (Wildman–Crippen MR) is 69.1 cm³/mol. The van der Waals surface area contributed by atoms with E-state index in [0.29, 0.717) is 18.4 Å². The number of carbonyl (C=O) groups excluding carboxylic acids is 1. The van der Waals surface area contributed by atoms with E-state index in [2.05, 4.69) is 4.74 Å². The predicted octanol–water partition coefficient (Wildman–Crippen LogP) is 4.36. The highest BCUT2D eigenvalue weighted by Gasteiger charge is 2.32. The zero-order valence-electron chi connectivity index (χ0n) is 11.3. The largest absolute Gasteiger partial charge is 0.573 e. The lowest BCUT2D eigenvalue weighted by Gasteiger charge is -2.29. The van der Waals surface area contributed by atoms with Gasteiger partial charge in [-0.25, -0.2) is 0 Å². The Morgan fingerprint density at radius 3 is 2.50 bits per heavy atom. The molecule has 1 aromatic carbocycles. The van der Waals surface area contributed by atoms with Gasteiger partial charge in [0.25, 0.3) is 0 Å². The average Bonchev–Trinajstić information content (AvgIpc) is 2.24. The van der Waals surface area contributed by atoms with Crippen LogP contribution < -0.4 is 4.74 Å². The monoisotopic (exact) mass is 284 g/mol. The summed E-state index contributed by atoms with van der Waals surface area (Å²) in [7, 11) is 0. The van der Waals surface area contributed by atoms with Crippen molar-refractivity contribution in [2.24, 2.45) is 5.41 Å². The average molecular weight is 284 g/mol. The summed E-state index contributed by atoms with van der Waals surface area (Å²) in [5.41, 5.74) is 1.16. The summed E-state index contributed by atoms with van der Waals surface area (Å²) in [6.45, 7) is 3.93. The number of hydrogen-bond donors (Lipinski definition) is 0. The van der Waals surface area contributed by atoms with Crippen molar-refractivity contribution in [1.82, 2.24) is 0 Å². The highest BCUT2D eigenvalue weighted by molar-refractivity contribution is 5.99. The summed E-state index contributed by atoms with van der Waals surface area (Å²) in [5, 5.41) is 0. The number of benzene rings is 1. The molecule has 0 amide bonds. The molecule has 0 unspecified atom stereocenters. The maximum absolute atomic E-state index is 12.2. The highest BCUT2D eigenvalue weighted by Crippen LogP contribution is 2.39. The highest BCUT2D eigenvalue weighted by atomic mass is 19.4. The summed E-state index contributed by atoms with van der Waals surface area (Å²) in [4.78, 5) is 11.7. The molecule has 1 aliphatic carbocycles. The molecule has 0 saturated heterocycles. The van der Waals surface area contributed by atoms with Gasteiger partial charge in [0.1, 0.15) is 5.75 Å². The maximum Gasteiger partial charge on any atom is 0.573 e. The van der Waals surface area contributed by atoms with Gasteiger partial charge in [-0.15, -0.1) is 13.2 Å². The number of hydrogen-bond acceptors (Lipinski definition) is 2. The van der Waals surface area contributed by atoms with E-state index < -0.39 is 6.36 Å². The number of alkyl halides is 3. The molecule has 0 atom stereocenters. The van der Waals surface area contributed by atoms with Crippen molar-refractivity contribution in [3.63, 3.8) is 0 Å². The van der Waals surface area contributed by atoms with E-state index >= 15 is 0 Å². The van der Waals surface area contributed by atoms with E-state index in [0.717, 1.165) is 5.57 Å². The molecule has 0 fully saturated rings. The fraction of sp³-hybridized carbons (Fsp3) is 0.400. The Morgan fingerprint density at radius 1 is 1.20 bits per heavy atom. The molecule has 1 aromatic rings. The van der Waals surface area contributed by atoms with Crippen molar-refractivity contribution in [2.75, 3.05) is 0 Å². The first-order valence-electron chi connectivity index (χ1n) is 6.24. The Bertz CT molecular complexity index is 556. The third-order valence-electron chi connectivity index (χ3n) is 3.10. The molecule has 0 aromatic heterocycles. The van der Waals surface area contributed by atoms with E-state index in [1.807, 2.05) is 13.8 Å². The van der Waals surface area contributed by atoms with Crippen LogP contribution in [-0.4, -0.2) is 12.1 Å². The Labute approximate surface area is 115 Å². The van der Waals surface area contributed by atoms with Gasteiger partial charge in [0, 0.05) is 6.42 Å². The number of carbonyl (C=O) groups is 1. The van der Waals surface area contributed by atoms with Crippen molar-refractivity contribution in [2.45, 2.75) is 33.1 Å². The number of rotatable bonds is 2. The van der Waals surface area contributed by atoms with Crippen LogP contribution in [0, 0.1) is 5.41 Å². The summed E-state index contributed by atoms with van der Waals surface area (Å²) in [6.07, 6.45) is -2.10. The summed E-state index contributed by atoms with van der Waals surface area (Å²) in [6, 6.07) is 5.73. The van der Waals surface area contributed by atoms with Gasteiger partial charge in [0.15, 0.2) is 5.78 Å². The quantitative estimate of drug-likeness (QED) is 0.806. The molecule has 2 rings (SSSR count). The molecule has 0 heterocycles. The van der Waals surface area contributed by atoms with Crippen LogP contribution in [0.4, 0.5) is 13.2 Å². The third-order valence-corrected chi connectivity index (χ3v) is 3.10. The standard InChI is InChI=1S/C15H15F3O2/c1-14(2)8-11(6-12(19)9-14)10-4-3-5-13(7-10)20-15(16,17)18/h3-7H,8-9H2,1-2H3. The van der Waals surface area contributed by atoms with Crippen LogP contribution >= 0.6 is 0 Å². The van der Waals surface area contributed by atoms with Crippen molar-refractivity contribution in [3.05, 3.63) is 35.9 Å². The fourth-order valence-corrected chi connectivity index (χ4v) is 2.42. The molecule has 2 nitrogen and oxygen atoms in total. The van der Waals surface area contributed by atoms with Crippen molar-refractivity contribution in [1.29, 1.82) is 0 Å². The lowest BCUT2D eigenvalue weighted by atomic mass is 9.75. The molecular weight excluding hydrogens is 269 g/mol. The van der Waals surface area contributed by atoms with Crippen LogP contribution in [0.1, 0.15) is 32.3 Å². The van der Waals surface area contributed by atoms with Gasteiger partial charge in [-0.1, -0.05) is 26.0 Å². The van der Waals surface area contributed by atoms with Crippen molar-refractivity contribution in [3.8, 4) is 5.75 Å². The zero-order chi connectivity index (χ0) is 15.0. The fourth-order valence-electron chi connectivity index (χ4n) is 2.42. The minimum absolute atomic E-state index is 0.00149. The van der Waals surface area contributed by atoms with Gasteiger partial charge >= 0.3 is 6.36 Å². The van der Waals surface area contributed by atoms with Crippen LogP contribution in [0.15, 0.2) is 30.3 Å². The summed E-state index contributed by atoms with van der Waals surface area (Å²) in [5.74, 6) is -0.273. The second-order valence-corrected chi connectivity index (χ2v) is 5.73. The lowest BCUT2D eigenvalue weighted by Crippen LogP contribution is -2.21. The first-order valence-corrected chi connectivity index (χ1v) is 6.24. The summed E-state index contributed by atoms with van der Waals surface area (Å²) < 4.78 is 40.5. The number of ketones is 1. The summed E-state index contributed by atoms with van der Waals surface area (Å²) >= 11 is 0. The second kappa shape index (κ2) is 4.96. The molecule has 1 aliphatic rings. The smallest absolute Gasteiger partial charge is 0.406 e. The Morgan fingerprint density at radius 2 is 1.90 bits per heavy atom. The minimum atomic E-state index is -4.71. The second-order valence-electron chi connectivity index (χ2n) is 5.73. The van der Waals surface area contributed by atoms with E-state index in [4.69, 9.17) is 0 Å². The van der Waals surface area contributed by atoms with Gasteiger partial charge in [-0.2, -0.15) is 0 Å². The SMILES string of the molecule is CC1(C)CC(=O)C=C(c2cccc(OC(F)(F)F)c2)C1. The molecule has 5 heteroatoms. The van der Waals surface area contributed by atoms with E-state index in [1.54, 1.807) is 6.07 Å². The van der Waals surface area contributed by atoms with E-state index in [1.165, 1.54) is 24.3 Å². The normalized spacial score (nSPS) is 18.6. The van der Waals surface area contributed by atoms with Gasteiger partial charge in [0.2, 0.25) is 0 Å². The Hall–Kier alpha value is -1.78. The lowest BCUT2D eigenvalue weighted by molar-refractivity contribution is -0.274. The Kier molecular flexibility index (Phi) is 3.63. The molecule has 108 valence electrons. The van der Waals surface area contributed by atoms with Gasteiger partial charge in [0.05, 0.1) is 0 Å². The minimum Gasteiger partial charge on any atom is -0.406 e. The molecule has 0 saturated carbocycles. The van der Waals surface area contributed by atoms with Crippen molar-refractivity contribution >= 4 is 11.4 Å². The molecule has 0 N–H and O–H groups in total. The van der Waals surface area contributed by atoms with Crippen LogP contribution in [0.3, 0.4) is 0 Å². The van der Waals surface area contributed by atoms with Gasteiger partial charge < -0.3 is 4.74 Å². The van der Waals surface area contributed by atoms with Crippen LogP contribution in [0.5, 0.6) is 5.75 Å². The van der Waals surface area contributed by atoms with Crippen LogP contribution in [0.2, 0.25) is 0 Å². The number of halogens is 3. The van der Waals surface area contributed by atoms with Crippen LogP contribution in [-0.2, 0) is 4.79 Å².